The van der Waals surface area contributed by atoms with Crippen LogP contribution in [0.2, 0.25) is 5.02 Å². The number of likely N-dealkylation sites (N-methyl/N-ethyl adjacent to an activating group) is 1. The molecule has 0 spiro atoms. The van der Waals surface area contributed by atoms with Crippen molar-refractivity contribution in [3.63, 3.8) is 0 Å². The Morgan fingerprint density at radius 1 is 1.09 bits per heavy atom. The van der Waals surface area contributed by atoms with E-state index in [4.69, 9.17) is 11.6 Å². The van der Waals surface area contributed by atoms with Crippen LogP contribution in [0.4, 0.5) is 20.6 Å². The van der Waals surface area contributed by atoms with Crippen molar-refractivity contribution in [1.82, 2.24) is 5.32 Å². The van der Waals surface area contributed by atoms with Gasteiger partial charge in [-0.15, -0.1) is 0 Å². The number of para-hydroxylation sites is 1. The average molecular weight is 516 g/mol. The number of hydrogen-bond acceptors (Lipinski definition) is 3. The Labute approximate surface area is 197 Å². The molecular formula is C23H17BrClFN4O2. The highest BCUT2D eigenvalue weighted by atomic mass is 79.9. The Morgan fingerprint density at radius 2 is 1.78 bits per heavy atom. The topological polar surface area (TPSA) is 73.8 Å². The van der Waals surface area contributed by atoms with Crippen LogP contribution in [0.15, 0.2) is 76.2 Å². The van der Waals surface area contributed by atoms with Crippen LogP contribution in [0.1, 0.15) is 11.1 Å². The molecule has 0 aliphatic carbocycles. The number of nitrogens with zero attached hydrogens (tertiary/aromatic N) is 2. The largest absolute Gasteiger partial charge is 0.321 e. The first-order valence-electron chi connectivity index (χ1n) is 9.57. The Hall–Kier alpha value is -3.23. The van der Waals surface area contributed by atoms with Crippen LogP contribution < -0.4 is 15.5 Å². The van der Waals surface area contributed by atoms with E-state index in [1.807, 2.05) is 0 Å². The number of benzene rings is 3. The highest BCUT2D eigenvalue weighted by Crippen LogP contribution is 2.28. The molecule has 6 nitrogen and oxygen atoms in total. The maximum Gasteiger partial charge on any atom is 0.321 e. The van der Waals surface area contributed by atoms with Gasteiger partial charge in [-0.3, -0.25) is 4.79 Å². The van der Waals surface area contributed by atoms with Crippen LogP contribution in [0, 0.1) is 5.82 Å². The fourth-order valence-electron chi connectivity index (χ4n) is 3.35. The number of carbonyl (C=O) groups is 2. The molecule has 0 radical (unpaired) electrons. The average Bonchev–Trinajstić information content (AvgIpc) is 2.87. The summed E-state index contributed by atoms with van der Waals surface area (Å²) in [6.45, 7) is 0. The number of carbonyl (C=O) groups excluding carboxylic acids is 2. The fraction of sp³-hybridized carbons (Fsp3) is 0.0870. The van der Waals surface area contributed by atoms with Gasteiger partial charge in [-0.25, -0.2) is 14.2 Å². The SMILES string of the molecule is CN1C(=O)C(NC(=O)Nc2ccc(Cl)c(Br)c2)N=C(c2ccccc2F)c2ccccc21. The van der Waals surface area contributed by atoms with Crippen LogP contribution in [0.5, 0.6) is 0 Å². The van der Waals surface area contributed by atoms with E-state index in [0.29, 0.717) is 26.4 Å². The van der Waals surface area contributed by atoms with Crippen molar-refractivity contribution in [2.24, 2.45) is 4.99 Å². The molecule has 3 aromatic carbocycles. The van der Waals surface area contributed by atoms with Gasteiger partial charge < -0.3 is 15.5 Å². The molecule has 0 saturated heterocycles. The zero-order valence-electron chi connectivity index (χ0n) is 16.8. The monoisotopic (exact) mass is 514 g/mol. The second-order valence-corrected chi connectivity index (χ2v) is 8.26. The molecule has 0 saturated carbocycles. The van der Waals surface area contributed by atoms with E-state index in [0.717, 1.165) is 0 Å². The molecule has 2 N–H and O–H groups in total. The number of aliphatic imine (C=N–C) groups is 1. The molecule has 162 valence electrons. The molecule has 1 atom stereocenters. The van der Waals surface area contributed by atoms with Crippen molar-refractivity contribution in [2.75, 3.05) is 17.3 Å². The standard InChI is InChI=1S/C23H17BrClFN4O2/c1-30-19-9-5-3-7-15(19)20(14-6-2-4-8-18(14)26)28-21(22(30)31)29-23(32)27-13-10-11-17(25)16(24)12-13/h2-12,21H,1H3,(H2,27,29,32). The van der Waals surface area contributed by atoms with Gasteiger partial charge in [0.1, 0.15) is 5.82 Å². The molecule has 9 heteroatoms. The van der Waals surface area contributed by atoms with Gasteiger partial charge in [0.2, 0.25) is 6.17 Å². The summed E-state index contributed by atoms with van der Waals surface area (Å²) >= 11 is 9.28. The number of nitrogens with one attached hydrogen (secondary N) is 2. The molecule has 1 heterocycles. The lowest BCUT2D eigenvalue weighted by atomic mass is 10.00. The summed E-state index contributed by atoms with van der Waals surface area (Å²) in [7, 11) is 1.59. The number of anilines is 2. The first-order valence-corrected chi connectivity index (χ1v) is 10.7. The van der Waals surface area contributed by atoms with E-state index in [2.05, 4.69) is 31.6 Å². The third kappa shape index (κ3) is 4.37. The fourth-order valence-corrected chi connectivity index (χ4v) is 3.85. The van der Waals surface area contributed by atoms with Crippen molar-refractivity contribution in [2.45, 2.75) is 6.17 Å². The predicted molar refractivity (Wildman–Crippen MR) is 127 cm³/mol. The Bertz CT molecular complexity index is 1250. The van der Waals surface area contributed by atoms with Crippen LogP contribution in [0.3, 0.4) is 0 Å². The Morgan fingerprint density at radius 3 is 2.50 bits per heavy atom. The summed E-state index contributed by atoms with van der Waals surface area (Å²) in [5.74, 6) is -0.941. The molecule has 32 heavy (non-hydrogen) atoms. The molecule has 1 aliphatic rings. The van der Waals surface area contributed by atoms with E-state index in [9.17, 15) is 14.0 Å². The summed E-state index contributed by atoms with van der Waals surface area (Å²) in [6.07, 6.45) is -1.27. The minimum atomic E-state index is -1.27. The first kappa shape index (κ1) is 22.0. The lowest BCUT2D eigenvalue weighted by Crippen LogP contribution is -2.47. The van der Waals surface area contributed by atoms with Gasteiger partial charge in [0.05, 0.1) is 16.4 Å². The molecule has 0 fully saturated rings. The molecule has 0 aromatic heterocycles. The van der Waals surface area contributed by atoms with E-state index in [1.54, 1.807) is 67.7 Å². The maximum absolute atomic E-state index is 14.6. The summed E-state index contributed by atoms with van der Waals surface area (Å²) in [5.41, 5.74) is 2.12. The molecule has 1 unspecified atom stereocenters. The Kier molecular flexibility index (Phi) is 6.25. The van der Waals surface area contributed by atoms with Gasteiger partial charge in [-0.2, -0.15) is 0 Å². The number of amides is 3. The van der Waals surface area contributed by atoms with Gasteiger partial charge in [-0.1, -0.05) is 41.9 Å². The summed E-state index contributed by atoms with van der Waals surface area (Å²) in [5, 5.41) is 5.72. The Balaban J connectivity index is 1.70. The van der Waals surface area contributed by atoms with E-state index in [1.165, 1.54) is 11.0 Å². The number of halogens is 3. The second kappa shape index (κ2) is 9.10. The summed E-state index contributed by atoms with van der Waals surface area (Å²) < 4.78 is 15.3. The molecule has 3 aromatic rings. The van der Waals surface area contributed by atoms with Gasteiger partial charge in [0.25, 0.3) is 5.91 Å². The van der Waals surface area contributed by atoms with Crippen LogP contribution in [-0.2, 0) is 4.79 Å². The normalized spacial score (nSPS) is 15.5. The van der Waals surface area contributed by atoms with E-state index >= 15 is 0 Å². The number of hydrogen-bond donors (Lipinski definition) is 2. The minimum absolute atomic E-state index is 0.233. The lowest BCUT2D eigenvalue weighted by Gasteiger charge is -2.21. The van der Waals surface area contributed by atoms with Crippen LogP contribution >= 0.6 is 27.5 Å². The smallest absolute Gasteiger partial charge is 0.311 e. The van der Waals surface area contributed by atoms with Crippen LogP contribution in [-0.4, -0.2) is 30.9 Å². The first-order chi connectivity index (χ1) is 15.3. The van der Waals surface area contributed by atoms with Crippen molar-refractivity contribution in [3.8, 4) is 0 Å². The second-order valence-electron chi connectivity index (χ2n) is 7.00. The highest BCUT2D eigenvalue weighted by Gasteiger charge is 2.31. The molecule has 1 aliphatic heterocycles. The molecular weight excluding hydrogens is 499 g/mol. The van der Waals surface area contributed by atoms with Gasteiger partial charge >= 0.3 is 6.03 Å². The third-order valence-corrected chi connectivity index (χ3v) is 6.13. The van der Waals surface area contributed by atoms with Gasteiger partial charge in [0, 0.05) is 28.3 Å². The zero-order valence-corrected chi connectivity index (χ0v) is 19.1. The van der Waals surface area contributed by atoms with Crippen molar-refractivity contribution in [1.29, 1.82) is 0 Å². The summed E-state index contributed by atoms with van der Waals surface area (Å²) in [6, 6.07) is 17.5. The maximum atomic E-state index is 14.6. The highest BCUT2D eigenvalue weighted by molar-refractivity contribution is 9.10. The minimum Gasteiger partial charge on any atom is -0.311 e. The van der Waals surface area contributed by atoms with Gasteiger partial charge in [-0.05, 0) is 52.3 Å². The zero-order chi connectivity index (χ0) is 22.8. The van der Waals surface area contributed by atoms with Crippen molar-refractivity contribution >= 4 is 56.6 Å². The number of rotatable bonds is 3. The molecule has 3 amide bonds. The van der Waals surface area contributed by atoms with Gasteiger partial charge in [0.15, 0.2) is 0 Å². The predicted octanol–water partition coefficient (Wildman–Crippen LogP) is 5.20. The molecule has 0 bridgehead atoms. The third-order valence-electron chi connectivity index (χ3n) is 4.92. The van der Waals surface area contributed by atoms with E-state index in [-0.39, 0.29) is 11.3 Å². The van der Waals surface area contributed by atoms with Crippen molar-refractivity contribution in [3.05, 3.63) is 93.2 Å². The molecule has 4 rings (SSSR count). The number of urea groups is 1. The van der Waals surface area contributed by atoms with Crippen LogP contribution in [0.25, 0.3) is 0 Å². The van der Waals surface area contributed by atoms with Crippen molar-refractivity contribution < 1.29 is 14.0 Å². The summed E-state index contributed by atoms with van der Waals surface area (Å²) in [4.78, 5) is 31.6. The number of fused-ring (bicyclic) bond motifs is 1. The van der Waals surface area contributed by atoms with E-state index < -0.39 is 23.9 Å². The quantitative estimate of drug-likeness (QED) is 0.503. The lowest BCUT2D eigenvalue weighted by molar-refractivity contribution is -0.119. The number of benzodiazepines with no additional fused rings is 1.